The van der Waals surface area contributed by atoms with E-state index in [-0.39, 0.29) is 17.4 Å². The summed E-state index contributed by atoms with van der Waals surface area (Å²) in [6.07, 6.45) is 10.8. The van der Waals surface area contributed by atoms with E-state index in [0.29, 0.717) is 28.2 Å². The minimum atomic E-state index is -0.214. The van der Waals surface area contributed by atoms with Crippen molar-refractivity contribution in [3.8, 4) is 11.4 Å². The number of nitrogens with one attached hydrogen (secondary N) is 3. The molecule has 2 amide bonds. The van der Waals surface area contributed by atoms with Gasteiger partial charge in [0.25, 0.3) is 11.8 Å². The van der Waals surface area contributed by atoms with Crippen LogP contribution in [0.2, 0.25) is 0 Å². The average molecular weight is 492 g/mol. The van der Waals surface area contributed by atoms with E-state index < -0.39 is 0 Å². The van der Waals surface area contributed by atoms with Gasteiger partial charge >= 0.3 is 0 Å². The molecule has 0 radical (unpaired) electrons. The number of hydrogen-bond acceptors (Lipinski definition) is 4. The lowest BCUT2D eigenvalue weighted by atomic mass is 9.53. The maximum absolute atomic E-state index is 13.2. The Kier molecular flexibility index (Phi) is 5.13. The molecule has 186 valence electrons. The van der Waals surface area contributed by atoms with E-state index in [1.807, 2.05) is 30.3 Å². The number of amides is 2. The predicted molar refractivity (Wildman–Crippen MR) is 142 cm³/mol. The number of imidazole rings is 1. The molecule has 0 aliphatic heterocycles. The van der Waals surface area contributed by atoms with Gasteiger partial charge in [-0.15, -0.1) is 0 Å². The molecule has 2 aromatic heterocycles. The highest BCUT2D eigenvalue weighted by Gasteiger charge is 2.51. The number of benzene rings is 2. The van der Waals surface area contributed by atoms with Crippen LogP contribution in [0.3, 0.4) is 0 Å². The van der Waals surface area contributed by atoms with Crippen molar-refractivity contribution in [3.63, 3.8) is 0 Å². The van der Waals surface area contributed by atoms with Crippen molar-refractivity contribution in [1.82, 2.24) is 20.3 Å². The normalized spacial score (nSPS) is 25.8. The van der Waals surface area contributed by atoms with Crippen LogP contribution in [-0.2, 0) is 0 Å². The third-order valence-corrected chi connectivity index (χ3v) is 8.50. The van der Waals surface area contributed by atoms with E-state index in [4.69, 9.17) is 4.98 Å². The van der Waals surface area contributed by atoms with E-state index in [1.165, 1.54) is 19.3 Å². The Labute approximate surface area is 215 Å². The van der Waals surface area contributed by atoms with Crippen molar-refractivity contribution in [2.45, 2.75) is 44.1 Å². The molecule has 4 aliphatic carbocycles. The maximum Gasteiger partial charge on any atom is 0.255 e. The fourth-order valence-electron chi connectivity index (χ4n) is 7.28. The van der Waals surface area contributed by atoms with Gasteiger partial charge in [-0.1, -0.05) is 12.1 Å². The van der Waals surface area contributed by atoms with Gasteiger partial charge in [0, 0.05) is 28.4 Å². The van der Waals surface area contributed by atoms with Gasteiger partial charge in [-0.05, 0) is 98.7 Å². The smallest absolute Gasteiger partial charge is 0.255 e. The summed E-state index contributed by atoms with van der Waals surface area (Å²) < 4.78 is 0. The quantitative estimate of drug-likeness (QED) is 0.340. The number of rotatable bonds is 5. The molecule has 7 heteroatoms. The van der Waals surface area contributed by atoms with Crippen molar-refractivity contribution < 1.29 is 9.59 Å². The van der Waals surface area contributed by atoms with Crippen LogP contribution in [0, 0.1) is 17.8 Å². The summed E-state index contributed by atoms with van der Waals surface area (Å²) in [5, 5.41) is 6.30. The minimum absolute atomic E-state index is 0.00423. The Morgan fingerprint density at radius 1 is 0.865 bits per heavy atom. The van der Waals surface area contributed by atoms with Gasteiger partial charge in [0.1, 0.15) is 5.82 Å². The second kappa shape index (κ2) is 8.54. The first-order valence-electron chi connectivity index (χ1n) is 13.2. The number of nitrogens with zero attached hydrogens (tertiary/aromatic N) is 2. The van der Waals surface area contributed by atoms with Crippen molar-refractivity contribution in [2.75, 3.05) is 5.32 Å². The largest absolute Gasteiger partial charge is 0.347 e. The number of fused-ring (bicyclic) bond motifs is 1. The Morgan fingerprint density at radius 2 is 1.57 bits per heavy atom. The predicted octanol–water partition coefficient (Wildman–Crippen LogP) is 5.58. The Morgan fingerprint density at radius 3 is 2.24 bits per heavy atom. The lowest BCUT2D eigenvalue weighted by Gasteiger charge is -2.56. The molecule has 4 aliphatic rings. The molecular weight excluding hydrogens is 462 g/mol. The average Bonchev–Trinajstić information content (AvgIpc) is 3.32. The van der Waals surface area contributed by atoms with E-state index in [1.54, 1.807) is 36.7 Å². The summed E-state index contributed by atoms with van der Waals surface area (Å²) in [6.45, 7) is 0. The molecule has 4 aromatic rings. The van der Waals surface area contributed by atoms with Gasteiger partial charge in [0.2, 0.25) is 0 Å². The van der Waals surface area contributed by atoms with Gasteiger partial charge in [-0.2, -0.15) is 0 Å². The number of carbonyl (C=O) groups excluding carboxylic acids is 2. The van der Waals surface area contributed by atoms with Gasteiger partial charge in [-0.25, -0.2) is 4.98 Å². The van der Waals surface area contributed by atoms with Crippen molar-refractivity contribution in [2.24, 2.45) is 17.8 Å². The van der Waals surface area contributed by atoms with Crippen LogP contribution in [-0.4, -0.2) is 32.3 Å². The molecule has 8 rings (SSSR count). The molecular formula is C30H29N5O2. The molecule has 7 nitrogen and oxygen atoms in total. The first-order chi connectivity index (χ1) is 18.0. The van der Waals surface area contributed by atoms with Crippen LogP contribution in [0.15, 0.2) is 67.0 Å². The maximum atomic E-state index is 13.2. The minimum Gasteiger partial charge on any atom is -0.347 e. The zero-order valence-corrected chi connectivity index (χ0v) is 20.5. The van der Waals surface area contributed by atoms with Gasteiger partial charge in [0.15, 0.2) is 0 Å². The summed E-state index contributed by atoms with van der Waals surface area (Å²) in [5.41, 5.74) is 4.29. The fraction of sp³-hybridized carbons (Fsp3) is 0.333. The van der Waals surface area contributed by atoms with E-state index in [9.17, 15) is 9.59 Å². The molecule has 2 heterocycles. The van der Waals surface area contributed by atoms with Gasteiger partial charge < -0.3 is 15.6 Å². The SMILES string of the molecule is O=C(Nc1cccnc1)c1ccc2[nH]c(-c3ccc(C(=O)NC45CC6CC(CC(C6)C4)C5)cc3)nc2c1. The Balaban J connectivity index is 1.07. The molecule has 3 N–H and O–H groups in total. The highest BCUT2D eigenvalue weighted by atomic mass is 16.2. The van der Waals surface area contributed by atoms with Gasteiger partial charge in [0.05, 0.1) is 22.9 Å². The lowest BCUT2D eigenvalue weighted by Crippen LogP contribution is -2.59. The van der Waals surface area contributed by atoms with Crippen LogP contribution in [0.5, 0.6) is 0 Å². The van der Waals surface area contributed by atoms with E-state index >= 15 is 0 Å². The number of aromatic amines is 1. The van der Waals surface area contributed by atoms with Crippen LogP contribution in [0.1, 0.15) is 59.2 Å². The standard InChI is InChI=1S/C30H29N5O2/c36-28(32-24-2-1-9-31-17-24)23-7-8-25-26(13-23)34-27(33-25)21-3-5-22(6-4-21)29(37)35-30-14-18-10-19(15-30)12-20(11-18)16-30/h1-9,13,17-20H,10-12,14-16H2,(H,32,36)(H,33,34)(H,35,37). The number of aromatic nitrogens is 3. The molecule has 2 aromatic carbocycles. The first-order valence-corrected chi connectivity index (χ1v) is 13.2. The summed E-state index contributed by atoms with van der Waals surface area (Å²) in [6, 6.07) is 16.6. The molecule has 4 fully saturated rings. The monoisotopic (exact) mass is 491 g/mol. The summed E-state index contributed by atoms with van der Waals surface area (Å²) in [7, 11) is 0. The van der Waals surface area contributed by atoms with Gasteiger partial charge in [-0.3, -0.25) is 14.6 Å². The third-order valence-electron chi connectivity index (χ3n) is 8.50. The second-order valence-electron chi connectivity index (χ2n) is 11.2. The third kappa shape index (κ3) is 4.18. The van der Waals surface area contributed by atoms with Crippen LogP contribution >= 0.6 is 0 Å². The summed E-state index contributed by atoms with van der Waals surface area (Å²) in [5.74, 6) is 2.90. The number of anilines is 1. The van der Waals surface area contributed by atoms with E-state index in [2.05, 4.69) is 20.6 Å². The lowest BCUT2D eigenvalue weighted by molar-refractivity contribution is -0.0167. The number of carbonyl (C=O) groups is 2. The molecule has 0 unspecified atom stereocenters. The highest BCUT2D eigenvalue weighted by Crippen LogP contribution is 2.55. The molecule has 37 heavy (non-hydrogen) atoms. The fourth-order valence-corrected chi connectivity index (χ4v) is 7.28. The molecule has 0 saturated heterocycles. The molecule has 0 atom stereocenters. The summed E-state index contributed by atoms with van der Waals surface area (Å²) in [4.78, 5) is 37.9. The molecule has 4 bridgehead atoms. The molecule has 0 spiro atoms. The van der Waals surface area contributed by atoms with E-state index in [0.717, 1.165) is 48.1 Å². The number of hydrogen-bond donors (Lipinski definition) is 3. The number of H-pyrrole nitrogens is 1. The topological polar surface area (TPSA) is 99.8 Å². The molecule has 4 saturated carbocycles. The highest BCUT2D eigenvalue weighted by molar-refractivity contribution is 6.06. The van der Waals surface area contributed by atoms with Crippen LogP contribution in [0.4, 0.5) is 5.69 Å². The van der Waals surface area contributed by atoms with Crippen molar-refractivity contribution in [3.05, 3.63) is 78.1 Å². The van der Waals surface area contributed by atoms with Crippen LogP contribution in [0.25, 0.3) is 22.4 Å². The second-order valence-corrected chi connectivity index (χ2v) is 11.2. The van der Waals surface area contributed by atoms with Crippen molar-refractivity contribution in [1.29, 1.82) is 0 Å². The van der Waals surface area contributed by atoms with Crippen LogP contribution < -0.4 is 10.6 Å². The Bertz CT molecular complexity index is 1460. The zero-order valence-electron chi connectivity index (χ0n) is 20.5. The zero-order chi connectivity index (χ0) is 25.0. The number of pyridine rings is 1. The van der Waals surface area contributed by atoms with Crippen molar-refractivity contribution >= 4 is 28.5 Å². The Hall–Kier alpha value is -4.00. The first kappa shape index (κ1) is 22.2. The summed E-state index contributed by atoms with van der Waals surface area (Å²) >= 11 is 0.